The summed E-state index contributed by atoms with van der Waals surface area (Å²) >= 11 is 0. The van der Waals surface area contributed by atoms with Crippen LogP contribution in [0.2, 0.25) is 0 Å². The van der Waals surface area contributed by atoms with Crippen LogP contribution in [0.15, 0.2) is 12.2 Å². The minimum atomic E-state index is -7.04. The number of carbonyl (C=O) groups is 3. The van der Waals surface area contributed by atoms with Gasteiger partial charge < -0.3 is 14.2 Å². The van der Waals surface area contributed by atoms with Crippen molar-refractivity contribution in [1.29, 1.82) is 0 Å². The molecule has 1 aliphatic carbocycles. The van der Waals surface area contributed by atoms with E-state index in [9.17, 15) is 53.9 Å². The van der Waals surface area contributed by atoms with Gasteiger partial charge in [0.25, 0.3) is 0 Å². The SMILES string of the molecule is C=C(C)C(=O)OC1CCC(C(=O)OCC(=O)OCCC(F)(F)C(F)(F)C(F)(F)C(F)(F)F)CC1. The molecule has 0 atom stereocenters. The summed E-state index contributed by atoms with van der Waals surface area (Å²) in [6.45, 7) is 2.09. The van der Waals surface area contributed by atoms with Crippen LogP contribution in [0.1, 0.15) is 39.0 Å². The standard InChI is InChI=1S/C19H21F9O6/c1-10(2)14(30)34-12-5-3-11(4-6-12)15(31)33-9-13(29)32-8-7-16(20,21)17(22,23)18(24,25)19(26,27)28/h11-12H,1,3-9H2,2H3. The third-order valence-corrected chi connectivity index (χ3v) is 4.85. The Hall–Kier alpha value is -2.48. The van der Waals surface area contributed by atoms with Gasteiger partial charge in [0.15, 0.2) is 6.61 Å². The first-order chi connectivity index (χ1) is 15.3. The normalized spacial score (nSPS) is 19.8. The molecule has 0 aromatic carbocycles. The van der Waals surface area contributed by atoms with E-state index in [0.717, 1.165) is 0 Å². The van der Waals surface area contributed by atoms with Crippen LogP contribution in [0.4, 0.5) is 39.5 Å². The fraction of sp³-hybridized carbons (Fsp3) is 0.737. The van der Waals surface area contributed by atoms with E-state index >= 15 is 0 Å². The number of rotatable bonds is 10. The quantitative estimate of drug-likeness (QED) is 0.183. The smallest absolute Gasteiger partial charge is 0.460 e. The molecular weight excluding hydrogens is 495 g/mol. The molecule has 6 nitrogen and oxygen atoms in total. The van der Waals surface area contributed by atoms with Crippen molar-refractivity contribution in [3.63, 3.8) is 0 Å². The minimum Gasteiger partial charge on any atom is -0.463 e. The molecule has 0 aliphatic heterocycles. The molecular formula is C19H21F9O6. The number of hydrogen-bond acceptors (Lipinski definition) is 6. The van der Waals surface area contributed by atoms with E-state index in [4.69, 9.17) is 4.74 Å². The highest BCUT2D eigenvalue weighted by Gasteiger charge is 2.81. The molecule has 0 aromatic heterocycles. The Balaban J connectivity index is 2.45. The van der Waals surface area contributed by atoms with Crippen molar-refractivity contribution < 1.29 is 68.1 Å². The summed E-state index contributed by atoms with van der Waals surface area (Å²) in [5.74, 6) is -23.4. The molecule has 1 rings (SSSR count). The maximum atomic E-state index is 13.3. The van der Waals surface area contributed by atoms with Gasteiger partial charge in [-0.05, 0) is 32.6 Å². The molecule has 0 heterocycles. The van der Waals surface area contributed by atoms with Crippen LogP contribution in [0.5, 0.6) is 0 Å². The number of alkyl halides is 9. The first-order valence-corrected chi connectivity index (χ1v) is 9.72. The molecule has 0 saturated heterocycles. The fourth-order valence-corrected chi connectivity index (χ4v) is 2.82. The molecule has 0 radical (unpaired) electrons. The Morgan fingerprint density at radius 3 is 1.85 bits per heavy atom. The van der Waals surface area contributed by atoms with Gasteiger partial charge in [0.2, 0.25) is 0 Å². The molecule has 15 heteroatoms. The predicted molar refractivity (Wildman–Crippen MR) is 94.1 cm³/mol. The third kappa shape index (κ3) is 7.01. The first-order valence-electron chi connectivity index (χ1n) is 9.72. The van der Waals surface area contributed by atoms with Crippen molar-refractivity contribution in [2.24, 2.45) is 5.92 Å². The van der Waals surface area contributed by atoms with Crippen molar-refractivity contribution in [3.05, 3.63) is 12.2 Å². The second-order valence-electron chi connectivity index (χ2n) is 7.59. The molecule has 0 N–H and O–H groups in total. The van der Waals surface area contributed by atoms with E-state index in [0.29, 0.717) is 12.8 Å². The summed E-state index contributed by atoms with van der Waals surface area (Å²) in [6, 6.07) is 0. The highest BCUT2D eigenvalue weighted by Crippen LogP contribution is 2.53. The Labute approximate surface area is 187 Å². The highest BCUT2D eigenvalue weighted by atomic mass is 19.4. The number of esters is 3. The maximum Gasteiger partial charge on any atom is 0.460 e. The van der Waals surface area contributed by atoms with Crippen molar-refractivity contribution in [2.45, 2.75) is 69.1 Å². The van der Waals surface area contributed by atoms with Crippen molar-refractivity contribution in [1.82, 2.24) is 0 Å². The van der Waals surface area contributed by atoms with Gasteiger partial charge in [0.1, 0.15) is 6.10 Å². The zero-order valence-electron chi connectivity index (χ0n) is 17.7. The lowest BCUT2D eigenvalue weighted by Gasteiger charge is -2.33. The number of halogens is 9. The topological polar surface area (TPSA) is 78.9 Å². The average Bonchev–Trinajstić information content (AvgIpc) is 2.71. The minimum absolute atomic E-state index is 0.190. The van der Waals surface area contributed by atoms with Gasteiger partial charge in [-0.15, -0.1) is 0 Å². The number of hydrogen-bond donors (Lipinski definition) is 0. The van der Waals surface area contributed by atoms with Gasteiger partial charge >= 0.3 is 41.9 Å². The molecule has 0 bridgehead atoms. The Morgan fingerprint density at radius 2 is 1.38 bits per heavy atom. The van der Waals surface area contributed by atoms with Crippen molar-refractivity contribution in [2.75, 3.05) is 13.2 Å². The maximum absolute atomic E-state index is 13.3. The van der Waals surface area contributed by atoms with Crippen LogP contribution < -0.4 is 0 Å². The molecule has 196 valence electrons. The van der Waals surface area contributed by atoms with E-state index in [1.165, 1.54) is 6.92 Å². The molecule has 0 amide bonds. The summed E-state index contributed by atoms with van der Waals surface area (Å²) in [7, 11) is 0. The summed E-state index contributed by atoms with van der Waals surface area (Å²) in [6.07, 6.45) is -8.71. The van der Waals surface area contributed by atoms with E-state index in [-0.39, 0.29) is 18.4 Å². The summed E-state index contributed by atoms with van der Waals surface area (Å²) in [4.78, 5) is 34.8. The lowest BCUT2D eigenvalue weighted by molar-refractivity contribution is -0.397. The molecule has 0 aromatic rings. The molecule has 1 saturated carbocycles. The van der Waals surface area contributed by atoms with Gasteiger partial charge in [0.05, 0.1) is 18.9 Å². The zero-order chi connectivity index (χ0) is 26.5. The van der Waals surface area contributed by atoms with Gasteiger partial charge in [-0.1, -0.05) is 6.58 Å². The van der Waals surface area contributed by atoms with Crippen LogP contribution in [-0.2, 0) is 28.6 Å². The number of ether oxygens (including phenoxy) is 3. The monoisotopic (exact) mass is 516 g/mol. The molecule has 34 heavy (non-hydrogen) atoms. The van der Waals surface area contributed by atoms with Crippen LogP contribution in [0, 0.1) is 5.92 Å². The fourth-order valence-electron chi connectivity index (χ4n) is 2.82. The van der Waals surface area contributed by atoms with Crippen molar-refractivity contribution in [3.8, 4) is 0 Å². The van der Waals surface area contributed by atoms with Crippen LogP contribution in [0.3, 0.4) is 0 Å². The second kappa shape index (κ2) is 10.8. The summed E-state index contributed by atoms with van der Waals surface area (Å²) in [5.41, 5.74) is 0.190. The molecule has 0 unspecified atom stereocenters. The molecule has 1 fully saturated rings. The van der Waals surface area contributed by atoms with Gasteiger partial charge in [-0.3, -0.25) is 4.79 Å². The Morgan fingerprint density at radius 1 is 0.853 bits per heavy atom. The molecule has 0 spiro atoms. The van der Waals surface area contributed by atoms with E-state index in [2.05, 4.69) is 16.1 Å². The van der Waals surface area contributed by atoms with E-state index in [1.807, 2.05) is 0 Å². The van der Waals surface area contributed by atoms with Crippen LogP contribution >= 0.6 is 0 Å². The van der Waals surface area contributed by atoms with Crippen LogP contribution in [-0.4, -0.2) is 61.2 Å². The van der Waals surface area contributed by atoms with E-state index < -0.39 is 73.5 Å². The average molecular weight is 516 g/mol. The van der Waals surface area contributed by atoms with Gasteiger partial charge in [0, 0.05) is 5.57 Å². The Kier molecular flexibility index (Phi) is 9.43. The zero-order valence-corrected chi connectivity index (χ0v) is 17.7. The van der Waals surface area contributed by atoms with Gasteiger partial charge in [-0.2, -0.15) is 39.5 Å². The van der Waals surface area contributed by atoms with Crippen molar-refractivity contribution >= 4 is 17.9 Å². The predicted octanol–water partition coefficient (Wildman–Crippen LogP) is 4.61. The first kappa shape index (κ1) is 29.6. The lowest BCUT2D eigenvalue weighted by atomic mass is 9.87. The molecule has 1 aliphatic rings. The highest BCUT2D eigenvalue weighted by molar-refractivity contribution is 5.87. The third-order valence-electron chi connectivity index (χ3n) is 4.85. The lowest BCUT2D eigenvalue weighted by Crippen LogP contribution is -2.61. The largest absolute Gasteiger partial charge is 0.463 e. The summed E-state index contributed by atoms with van der Waals surface area (Å²) in [5, 5.41) is 0. The summed E-state index contributed by atoms with van der Waals surface area (Å²) < 4.78 is 128. The van der Waals surface area contributed by atoms with E-state index in [1.54, 1.807) is 0 Å². The number of carbonyl (C=O) groups excluding carboxylic acids is 3. The Bertz CT molecular complexity index is 771. The second-order valence-corrected chi connectivity index (χ2v) is 7.59. The van der Waals surface area contributed by atoms with Gasteiger partial charge in [-0.25, -0.2) is 9.59 Å². The van der Waals surface area contributed by atoms with Crippen LogP contribution in [0.25, 0.3) is 0 Å².